The van der Waals surface area contributed by atoms with Gasteiger partial charge in [-0.05, 0) is 13.8 Å². The van der Waals surface area contributed by atoms with Crippen LogP contribution < -0.4 is 10.6 Å². The fraction of sp³-hybridized carbons (Fsp3) is 0.714. The van der Waals surface area contributed by atoms with E-state index in [-0.39, 0.29) is 17.8 Å². The number of halogens is 3. The molecule has 1 aliphatic rings. The lowest BCUT2D eigenvalue weighted by molar-refractivity contribution is -0.141. The van der Waals surface area contributed by atoms with Gasteiger partial charge in [0.15, 0.2) is 5.69 Å². The number of morpholine rings is 1. The Balaban J connectivity index is 2.00. The van der Waals surface area contributed by atoms with E-state index < -0.39 is 11.9 Å². The van der Waals surface area contributed by atoms with Gasteiger partial charge < -0.3 is 15.4 Å². The molecule has 130 valence electrons. The standard InChI is InChI=1S/C14H22F3N5O/c1-10(2)19-13-20-11(14(15,16)17)9-12(21-13)18-3-4-22-5-7-23-8-6-22/h9-10H,3-8H2,1-2H3,(H2,18,19,20,21). The normalized spacial score (nSPS) is 16.6. The van der Waals surface area contributed by atoms with Crippen LogP contribution >= 0.6 is 0 Å². The molecule has 0 unspecified atom stereocenters. The molecule has 1 aromatic rings. The van der Waals surface area contributed by atoms with Crippen LogP contribution in [0.15, 0.2) is 6.07 Å². The number of ether oxygens (including phenoxy) is 1. The van der Waals surface area contributed by atoms with Crippen LogP contribution in [0.4, 0.5) is 24.9 Å². The Kier molecular flexibility index (Phi) is 6.00. The van der Waals surface area contributed by atoms with Crippen LogP contribution in [0, 0.1) is 0 Å². The maximum Gasteiger partial charge on any atom is 0.433 e. The van der Waals surface area contributed by atoms with Crippen LogP contribution in [-0.2, 0) is 10.9 Å². The van der Waals surface area contributed by atoms with Gasteiger partial charge in [-0.25, -0.2) is 4.98 Å². The second-order valence-corrected chi connectivity index (χ2v) is 5.64. The highest BCUT2D eigenvalue weighted by Crippen LogP contribution is 2.29. The van der Waals surface area contributed by atoms with Gasteiger partial charge >= 0.3 is 6.18 Å². The average molecular weight is 333 g/mol. The number of hydrogen-bond donors (Lipinski definition) is 2. The summed E-state index contributed by atoms with van der Waals surface area (Å²) >= 11 is 0. The molecule has 9 heteroatoms. The number of nitrogens with one attached hydrogen (secondary N) is 2. The smallest absolute Gasteiger partial charge is 0.379 e. The molecule has 0 amide bonds. The minimum atomic E-state index is -4.50. The second-order valence-electron chi connectivity index (χ2n) is 5.64. The van der Waals surface area contributed by atoms with E-state index in [1.54, 1.807) is 0 Å². The molecule has 1 aromatic heterocycles. The van der Waals surface area contributed by atoms with E-state index >= 15 is 0 Å². The van der Waals surface area contributed by atoms with Crippen LogP contribution in [0.2, 0.25) is 0 Å². The molecule has 2 heterocycles. The summed E-state index contributed by atoms with van der Waals surface area (Å²) in [5.41, 5.74) is -0.954. The van der Waals surface area contributed by atoms with Crippen LogP contribution in [-0.4, -0.2) is 60.3 Å². The van der Waals surface area contributed by atoms with Gasteiger partial charge in [-0.2, -0.15) is 18.2 Å². The molecule has 0 atom stereocenters. The number of anilines is 2. The molecule has 2 N–H and O–H groups in total. The lowest BCUT2D eigenvalue weighted by Gasteiger charge is -2.26. The Bertz CT molecular complexity index is 504. The zero-order valence-electron chi connectivity index (χ0n) is 13.3. The van der Waals surface area contributed by atoms with Crippen LogP contribution in [0.25, 0.3) is 0 Å². The first-order chi connectivity index (χ1) is 10.8. The van der Waals surface area contributed by atoms with Crippen molar-refractivity contribution in [2.45, 2.75) is 26.1 Å². The predicted molar refractivity (Wildman–Crippen MR) is 81.5 cm³/mol. The SMILES string of the molecule is CC(C)Nc1nc(NCCN2CCOCC2)cc(C(F)(F)F)n1. The highest BCUT2D eigenvalue weighted by atomic mass is 19.4. The molecular weight excluding hydrogens is 311 g/mol. The van der Waals surface area contributed by atoms with Crippen molar-refractivity contribution in [3.8, 4) is 0 Å². The van der Waals surface area contributed by atoms with Crippen molar-refractivity contribution in [2.75, 3.05) is 50.0 Å². The Morgan fingerprint density at radius 3 is 2.57 bits per heavy atom. The van der Waals surface area contributed by atoms with Gasteiger partial charge in [-0.15, -0.1) is 0 Å². The number of rotatable bonds is 6. The van der Waals surface area contributed by atoms with Crippen LogP contribution in [0.1, 0.15) is 19.5 Å². The summed E-state index contributed by atoms with van der Waals surface area (Å²) in [6.07, 6.45) is -4.50. The minimum absolute atomic E-state index is 0.0244. The first kappa shape index (κ1) is 17.7. The summed E-state index contributed by atoms with van der Waals surface area (Å²) in [5, 5.41) is 5.75. The van der Waals surface area contributed by atoms with Gasteiger partial charge in [0.1, 0.15) is 5.82 Å². The lowest BCUT2D eigenvalue weighted by Crippen LogP contribution is -2.39. The molecular formula is C14H22F3N5O. The Hall–Kier alpha value is -1.61. The summed E-state index contributed by atoms with van der Waals surface area (Å²) in [5.74, 6) is 0.146. The minimum Gasteiger partial charge on any atom is -0.379 e. The topological polar surface area (TPSA) is 62.3 Å². The molecule has 6 nitrogen and oxygen atoms in total. The van der Waals surface area contributed by atoms with Crippen LogP contribution in [0.3, 0.4) is 0 Å². The zero-order chi connectivity index (χ0) is 16.9. The molecule has 1 saturated heterocycles. The molecule has 0 spiro atoms. The third kappa shape index (κ3) is 5.83. The Morgan fingerprint density at radius 2 is 1.96 bits per heavy atom. The zero-order valence-corrected chi connectivity index (χ0v) is 13.3. The van der Waals surface area contributed by atoms with Gasteiger partial charge in [0.05, 0.1) is 13.2 Å². The number of aromatic nitrogens is 2. The monoisotopic (exact) mass is 333 g/mol. The molecule has 0 aromatic carbocycles. The summed E-state index contributed by atoms with van der Waals surface area (Å²) in [6, 6.07) is 0.879. The maximum atomic E-state index is 12.9. The number of nitrogens with zero attached hydrogens (tertiary/aromatic N) is 3. The summed E-state index contributed by atoms with van der Waals surface area (Å²) in [4.78, 5) is 9.81. The van der Waals surface area contributed by atoms with Gasteiger partial charge in [0.2, 0.25) is 5.95 Å². The molecule has 1 aliphatic heterocycles. The van der Waals surface area contributed by atoms with E-state index in [9.17, 15) is 13.2 Å². The molecule has 23 heavy (non-hydrogen) atoms. The predicted octanol–water partition coefficient (Wildman–Crippen LogP) is 2.06. The summed E-state index contributed by atoms with van der Waals surface area (Å²) in [7, 11) is 0. The quantitative estimate of drug-likeness (QED) is 0.831. The molecule has 0 bridgehead atoms. The fourth-order valence-electron chi connectivity index (χ4n) is 2.17. The van der Waals surface area contributed by atoms with Crippen molar-refractivity contribution >= 4 is 11.8 Å². The van der Waals surface area contributed by atoms with Crippen molar-refractivity contribution in [1.29, 1.82) is 0 Å². The van der Waals surface area contributed by atoms with E-state index in [4.69, 9.17) is 4.74 Å². The van der Waals surface area contributed by atoms with E-state index in [0.29, 0.717) is 19.8 Å². The van der Waals surface area contributed by atoms with Crippen LogP contribution in [0.5, 0.6) is 0 Å². The third-order valence-electron chi connectivity index (χ3n) is 3.27. The molecule has 0 saturated carbocycles. The fourth-order valence-corrected chi connectivity index (χ4v) is 2.17. The van der Waals surface area contributed by atoms with Crippen molar-refractivity contribution in [2.24, 2.45) is 0 Å². The summed E-state index contributed by atoms with van der Waals surface area (Å²) < 4.78 is 44.0. The van der Waals surface area contributed by atoms with Gasteiger partial charge in [-0.1, -0.05) is 0 Å². The largest absolute Gasteiger partial charge is 0.433 e. The maximum absolute atomic E-state index is 12.9. The number of hydrogen-bond acceptors (Lipinski definition) is 6. The van der Waals surface area contributed by atoms with E-state index in [0.717, 1.165) is 25.7 Å². The molecule has 0 radical (unpaired) electrons. The molecule has 1 fully saturated rings. The molecule has 2 rings (SSSR count). The van der Waals surface area contributed by atoms with Gasteiger partial charge in [0.25, 0.3) is 0 Å². The second kappa shape index (κ2) is 7.78. The van der Waals surface area contributed by atoms with Crippen molar-refractivity contribution < 1.29 is 17.9 Å². The summed E-state index contributed by atoms with van der Waals surface area (Å²) in [6.45, 7) is 7.91. The van der Waals surface area contributed by atoms with Crippen molar-refractivity contribution in [3.05, 3.63) is 11.8 Å². The lowest BCUT2D eigenvalue weighted by atomic mass is 10.3. The first-order valence-corrected chi connectivity index (χ1v) is 7.61. The van der Waals surface area contributed by atoms with E-state index in [2.05, 4.69) is 25.5 Å². The highest BCUT2D eigenvalue weighted by molar-refractivity contribution is 5.43. The average Bonchev–Trinajstić information content (AvgIpc) is 2.46. The first-order valence-electron chi connectivity index (χ1n) is 7.61. The Morgan fingerprint density at radius 1 is 1.26 bits per heavy atom. The van der Waals surface area contributed by atoms with E-state index in [1.807, 2.05) is 13.8 Å². The molecule has 0 aliphatic carbocycles. The third-order valence-corrected chi connectivity index (χ3v) is 3.27. The highest BCUT2D eigenvalue weighted by Gasteiger charge is 2.33. The van der Waals surface area contributed by atoms with Gasteiger partial charge in [-0.3, -0.25) is 4.90 Å². The van der Waals surface area contributed by atoms with E-state index in [1.165, 1.54) is 0 Å². The van der Waals surface area contributed by atoms with Crippen molar-refractivity contribution in [1.82, 2.24) is 14.9 Å². The van der Waals surface area contributed by atoms with Gasteiger partial charge in [0, 0.05) is 38.3 Å². The Labute approximate surface area is 133 Å². The van der Waals surface area contributed by atoms with Crippen molar-refractivity contribution in [3.63, 3.8) is 0 Å². The number of alkyl halides is 3.